The van der Waals surface area contributed by atoms with E-state index in [9.17, 15) is 9.18 Å². The number of aromatic amines is 1. The van der Waals surface area contributed by atoms with Crippen molar-refractivity contribution in [1.82, 2.24) is 9.97 Å². The second-order valence-corrected chi connectivity index (χ2v) is 5.52. The van der Waals surface area contributed by atoms with Crippen LogP contribution in [0.25, 0.3) is 15.8 Å². The van der Waals surface area contributed by atoms with E-state index in [1.54, 1.807) is 13.0 Å². The Morgan fingerprint density at radius 1 is 1.59 bits per heavy atom. The molecule has 2 aromatic heterocycles. The molecule has 0 aliphatic rings. The fourth-order valence-electron chi connectivity index (χ4n) is 2.02. The molecule has 7 heteroatoms. The summed E-state index contributed by atoms with van der Waals surface area (Å²) in [5.74, 6) is -0.591. The van der Waals surface area contributed by atoms with E-state index in [4.69, 9.17) is 11.0 Å². The van der Waals surface area contributed by atoms with E-state index in [0.29, 0.717) is 26.2 Å². The number of nitrogens with two attached hydrogens (primary N) is 1. The van der Waals surface area contributed by atoms with Crippen LogP contribution >= 0.6 is 11.3 Å². The molecule has 22 heavy (non-hydrogen) atoms. The van der Waals surface area contributed by atoms with Crippen LogP contribution in [0.3, 0.4) is 0 Å². The third kappa shape index (κ3) is 2.69. The monoisotopic (exact) mass is 316 g/mol. The van der Waals surface area contributed by atoms with Crippen molar-refractivity contribution >= 4 is 33.1 Å². The highest BCUT2D eigenvalue weighted by Gasteiger charge is 2.15. The minimum Gasteiger partial charge on any atom is -0.369 e. The van der Waals surface area contributed by atoms with Gasteiger partial charge in [-0.1, -0.05) is 12.7 Å². The summed E-state index contributed by atoms with van der Waals surface area (Å²) < 4.78 is 13.5. The van der Waals surface area contributed by atoms with Crippen molar-refractivity contribution in [2.24, 2.45) is 0 Å². The highest BCUT2D eigenvalue weighted by atomic mass is 32.1. The first-order valence-electron chi connectivity index (χ1n) is 6.31. The number of allylic oxidation sites excluding steroid dienone is 5. The molecule has 0 spiro atoms. The fourth-order valence-corrected chi connectivity index (χ4v) is 3.15. The predicted molar refractivity (Wildman–Crippen MR) is 87.0 cm³/mol. The number of nitrogen functional groups attached to an aromatic ring is 1. The van der Waals surface area contributed by atoms with Gasteiger partial charge in [-0.25, -0.2) is 9.37 Å². The van der Waals surface area contributed by atoms with Gasteiger partial charge in [0.25, 0.3) is 5.56 Å². The number of aryl methyl sites for hydroxylation is 1. The molecule has 0 fully saturated rings. The van der Waals surface area contributed by atoms with E-state index in [2.05, 4.69) is 16.5 Å². The van der Waals surface area contributed by atoms with Gasteiger partial charge < -0.3 is 5.73 Å². The summed E-state index contributed by atoms with van der Waals surface area (Å²) in [6.45, 7) is 7.10. The number of hydrogen-bond donors (Lipinski definition) is 2. The second-order valence-electron chi connectivity index (χ2n) is 4.52. The second kappa shape index (κ2) is 5.95. The number of nitrogens with one attached hydrogen (secondary N) is 1. The summed E-state index contributed by atoms with van der Waals surface area (Å²) in [6.07, 6.45) is 2.55. The number of thiophene rings is 1. The molecule has 5 nitrogen and oxygen atoms in total. The highest BCUT2D eigenvalue weighted by Crippen LogP contribution is 2.33. The molecule has 2 rings (SSSR count). The molecule has 0 saturated carbocycles. The molecular weight excluding hydrogens is 303 g/mol. The molecule has 0 unspecified atom stereocenters. The maximum absolute atomic E-state index is 13.5. The Balaban J connectivity index is 2.62. The van der Waals surface area contributed by atoms with E-state index in [0.717, 1.165) is 0 Å². The van der Waals surface area contributed by atoms with Gasteiger partial charge >= 0.3 is 0 Å². The Bertz CT molecular complexity index is 927. The number of nitriles is 1. The first-order chi connectivity index (χ1) is 10.4. The smallest absolute Gasteiger partial charge is 0.261 e. The molecule has 3 N–H and O–H groups in total. The van der Waals surface area contributed by atoms with Gasteiger partial charge in [0.2, 0.25) is 5.95 Å². The van der Waals surface area contributed by atoms with Crippen LogP contribution in [0.2, 0.25) is 0 Å². The molecule has 0 bridgehead atoms. The van der Waals surface area contributed by atoms with Crippen molar-refractivity contribution in [3.05, 3.63) is 50.9 Å². The number of hydrogen-bond acceptors (Lipinski definition) is 5. The van der Waals surface area contributed by atoms with Crippen molar-refractivity contribution < 1.29 is 4.39 Å². The number of nitrogens with zero attached hydrogens (tertiary/aromatic N) is 2. The minimum atomic E-state index is -0.623. The quantitative estimate of drug-likeness (QED) is 0.671. The first-order valence-corrected chi connectivity index (χ1v) is 7.12. The van der Waals surface area contributed by atoms with Crippen LogP contribution in [0.15, 0.2) is 34.9 Å². The van der Waals surface area contributed by atoms with Gasteiger partial charge in [0.05, 0.1) is 11.0 Å². The molecule has 0 saturated heterocycles. The zero-order valence-corrected chi connectivity index (χ0v) is 12.8. The zero-order valence-electron chi connectivity index (χ0n) is 12.0. The van der Waals surface area contributed by atoms with Gasteiger partial charge in [0.1, 0.15) is 16.7 Å². The Morgan fingerprint density at radius 3 is 2.86 bits per heavy atom. The molecule has 0 radical (unpaired) electrons. The molecule has 2 aromatic rings. The molecular formula is C15H13FN4OS. The Labute approximate surface area is 129 Å². The van der Waals surface area contributed by atoms with Gasteiger partial charge in [0, 0.05) is 4.88 Å². The van der Waals surface area contributed by atoms with E-state index < -0.39 is 5.83 Å². The molecule has 0 aliphatic heterocycles. The van der Waals surface area contributed by atoms with Gasteiger partial charge in [0.15, 0.2) is 0 Å². The van der Waals surface area contributed by atoms with Crippen LogP contribution in [0.5, 0.6) is 0 Å². The Hall–Kier alpha value is -2.72. The third-order valence-corrected chi connectivity index (χ3v) is 4.32. The lowest BCUT2D eigenvalue weighted by Gasteiger charge is -2.00. The van der Waals surface area contributed by atoms with Crippen LogP contribution in [-0.2, 0) is 0 Å². The lowest BCUT2D eigenvalue weighted by molar-refractivity contribution is 0.656. The van der Waals surface area contributed by atoms with E-state index in [1.165, 1.54) is 30.4 Å². The van der Waals surface area contributed by atoms with Crippen LogP contribution in [0, 0.1) is 18.3 Å². The maximum Gasteiger partial charge on any atom is 0.261 e. The number of anilines is 1. The van der Waals surface area contributed by atoms with Crippen LogP contribution < -0.4 is 11.3 Å². The number of aromatic nitrogens is 2. The Morgan fingerprint density at radius 2 is 2.27 bits per heavy atom. The van der Waals surface area contributed by atoms with Crippen molar-refractivity contribution in [2.75, 3.05) is 5.73 Å². The summed E-state index contributed by atoms with van der Waals surface area (Å²) in [7, 11) is 0. The topological polar surface area (TPSA) is 95.6 Å². The van der Waals surface area contributed by atoms with Crippen molar-refractivity contribution in [2.45, 2.75) is 13.8 Å². The highest BCUT2D eigenvalue weighted by molar-refractivity contribution is 7.19. The summed E-state index contributed by atoms with van der Waals surface area (Å²) in [6, 6.07) is 1.79. The summed E-state index contributed by atoms with van der Waals surface area (Å²) >= 11 is 1.23. The summed E-state index contributed by atoms with van der Waals surface area (Å²) in [4.78, 5) is 19.6. The van der Waals surface area contributed by atoms with Gasteiger partial charge in [-0.05, 0) is 31.1 Å². The average molecular weight is 316 g/mol. The first kappa shape index (κ1) is 15.7. The van der Waals surface area contributed by atoms with E-state index in [1.807, 2.05) is 0 Å². The summed E-state index contributed by atoms with van der Waals surface area (Å²) in [5.41, 5.74) is 6.18. The molecule has 0 atom stereocenters. The number of rotatable bonds is 3. The summed E-state index contributed by atoms with van der Waals surface area (Å²) in [5, 5.41) is 9.42. The number of halogens is 1. The molecule has 0 aliphatic carbocycles. The molecule has 2 heterocycles. The largest absolute Gasteiger partial charge is 0.369 e. The predicted octanol–water partition coefficient (Wildman–Crippen LogP) is 3.21. The van der Waals surface area contributed by atoms with Crippen LogP contribution in [0.4, 0.5) is 10.3 Å². The average Bonchev–Trinajstić information content (AvgIpc) is 2.80. The van der Waals surface area contributed by atoms with Gasteiger partial charge in [-0.3, -0.25) is 9.78 Å². The Kier molecular flexibility index (Phi) is 4.24. The van der Waals surface area contributed by atoms with Crippen molar-refractivity contribution in [3.63, 3.8) is 0 Å². The standard InChI is InChI=1S/C15H13FN4OS/c1-4-10(16)9(6-17)5-7(2)12-8(3)11-13(21)19-15(18)20-14(11)22-12/h4-5H,2H2,1,3H3,(H3,18,19,20,21)/b9-5-,10-4+. The maximum atomic E-state index is 13.5. The zero-order chi connectivity index (χ0) is 16.4. The minimum absolute atomic E-state index is 0.0316. The lowest BCUT2D eigenvalue weighted by atomic mass is 10.1. The fraction of sp³-hybridized carbons (Fsp3) is 0.133. The normalized spacial score (nSPS) is 12.5. The third-order valence-electron chi connectivity index (χ3n) is 3.06. The van der Waals surface area contributed by atoms with E-state index in [-0.39, 0.29) is 17.1 Å². The SMILES string of the molecule is C=C(/C=C(C#N)\C(F)=C/C)c1sc2nc(N)[nH]c(=O)c2c1C. The van der Waals surface area contributed by atoms with Crippen LogP contribution in [-0.4, -0.2) is 9.97 Å². The number of fused-ring (bicyclic) bond motifs is 1. The van der Waals surface area contributed by atoms with Gasteiger partial charge in [-0.15, -0.1) is 11.3 Å². The number of H-pyrrole nitrogens is 1. The molecule has 0 amide bonds. The van der Waals surface area contributed by atoms with Gasteiger partial charge in [-0.2, -0.15) is 5.26 Å². The van der Waals surface area contributed by atoms with Crippen molar-refractivity contribution in [3.8, 4) is 6.07 Å². The van der Waals surface area contributed by atoms with E-state index >= 15 is 0 Å². The molecule has 112 valence electrons. The van der Waals surface area contributed by atoms with Crippen molar-refractivity contribution in [1.29, 1.82) is 5.26 Å². The molecule has 0 aromatic carbocycles. The lowest BCUT2D eigenvalue weighted by Crippen LogP contribution is -2.10. The van der Waals surface area contributed by atoms with Crippen LogP contribution in [0.1, 0.15) is 17.4 Å².